The minimum absolute atomic E-state index is 0.155. The van der Waals surface area contributed by atoms with E-state index < -0.39 is 5.91 Å². The monoisotopic (exact) mass is 348 g/mol. The Balaban J connectivity index is 2.26. The number of thiazole rings is 1. The number of benzene rings is 1. The molecule has 0 bridgehead atoms. The summed E-state index contributed by atoms with van der Waals surface area (Å²) in [5.74, 6) is -0.627. The number of hydrogen-bond acceptors (Lipinski definition) is 5. The minimum Gasteiger partial charge on any atom is -0.364 e. The number of rotatable bonds is 2. The molecule has 3 aromatic rings. The topological polar surface area (TPSA) is 92.7 Å². The number of halogens is 2. The van der Waals surface area contributed by atoms with Crippen LogP contribution in [0.3, 0.4) is 0 Å². The van der Waals surface area contributed by atoms with Gasteiger partial charge in [0, 0.05) is 11.8 Å². The van der Waals surface area contributed by atoms with Gasteiger partial charge in [0.2, 0.25) is 0 Å². The van der Waals surface area contributed by atoms with Gasteiger partial charge in [0.25, 0.3) is 5.91 Å². The molecule has 2 aromatic heterocycles. The molecule has 0 aliphatic rings. The molecule has 1 aromatic carbocycles. The molecule has 0 spiro atoms. The number of carbonyl (C=O) groups is 1. The van der Waals surface area contributed by atoms with E-state index in [4.69, 9.17) is 34.2 Å². The van der Waals surface area contributed by atoms with Crippen LogP contribution in [0, 0.1) is 11.3 Å². The Labute approximate surface area is 138 Å². The fourth-order valence-corrected chi connectivity index (χ4v) is 3.89. The van der Waals surface area contributed by atoms with Gasteiger partial charge in [-0.25, -0.2) is 9.97 Å². The molecule has 2 heterocycles. The normalized spacial score (nSPS) is 10.6. The van der Waals surface area contributed by atoms with Gasteiger partial charge in [-0.05, 0) is 18.2 Å². The summed E-state index contributed by atoms with van der Waals surface area (Å²) >= 11 is 13.6. The number of fused-ring (bicyclic) bond motifs is 1. The summed E-state index contributed by atoms with van der Waals surface area (Å²) in [5, 5.41) is 10.1. The van der Waals surface area contributed by atoms with Crippen molar-refractivity contribution in [3.8, 4) is 16.6 Å². The van der Waals surface area contributed by atoms with E-state index in [9.17, 15) is 4.79 Å². The van der Waals surface area contributed by atoms with Crippen molar-refractivity contribution in [2.75, 3.05) is 0 Å². The van der Waals surface area contributed by atoms with E-state index in [0.717, 1.165) is 0 Å². The number of nitrogens with two attached hydrogens (primary N) is 1. The lowest BCUT2D eigenvalue weighted by Gasteiger charge is -2.03. The summed E-state index contributed by atoms with van der Waals surface area (Å²) in [6.07, 6.45) is 1.47. The van der Waals surface area contributed by atoms with Gasteiger partial charge in [-0.15, -0.1) is 11.3 Å². The van der Waals surface area contributed by atoms with Gasteiger partial charge in [-0.1, -0.05) is 23.2 Å². The molecule has 22 heavy (non-hydrogen) atoms. The van der Waals surface area contributed by atoms with Crippen molar-refractivity contribution in [3.05, 3.63) is 45.7 Å². The number of primary amides is 1. The molecule has 0 radical (unpaired) electrons. The number of nitriles is 1. The Morgan fingerprint density at radius 1 is 1.32 bits per heavy atom. The molecule has 8 heteroatoms. The van der Waals surface area contributed by atoms with Gasteiger partial charge >= 0.3 is 0 Å². The van der Waals surface area contributed by atoms with Crippen LogP contribution in [0.5, 0.6) is 0 Å². The van der Waals surface area contributed by atoms with Crippen molar-refractivity contribution in [1.82, 2.24) is 9.97 Å². The van der Waals surface area contributed by atoms with Gasteiger partial charge in [-0.3, -0.25) is 4.79 Å². The van der Waals surface area contributed by atoms with E-state index in [1.54, 1.807) is 6.07 Å². The summed E-state index contributed by atoms with van der Waals surface area (Å²) in [6, 6.07) is 6.69. The van der Waals surface area contributed by atoms with E-state index in [1.165, 1.54) is 29.7 Å². The Hall–Kier alpha value is -2.20. The molecule has 5 nitrogen and oxygen atoms in total. The summed E-state index contributed by atoms with van der Waals surface area (Å²) in [4.78, 5) is 19.8. The first-order valence-corrected chi connectivity index (χ1v) is 7.53. The zero-order chi connectivity index (χ0) is 15.9. The van der Waals surface area contributed by atoms with E-state index >= 15 is 0 Å². The second-order valence-corrected chi connectivity index (χ2v) is 6.13. The molecule has 0 saturated carbocycles. The third-order valence-electron chi connectivity index (χ3n) is 2.92. The lowest BCUT2D eigenvalue weighted by molar-refractivity contribution is 0.0997. The largest absolute Gasteiger partial charge is 0.364 e. The zero-order valence-electron chi connectivity index (χ0n) is 10.8. The summed E-state index contributed by atoms with van der Waals surface area (Å²) < 4.78 is 0.571. The highest BCUT2D eigenvalue weighted by Crippen LogP contribution is 2.40. The van der Waals surface area contributed by atoms with Crippen molar-refractivity contribution in [2.24, 2.45) is 5.73 Å². The van der Waals surface area contributed by atoms with Crippen LogP contribution in [-0.4, -0.2) is 15.9 Å². The highest BCUT2D eigenvalue weighted by molar-refractivity contribution is 7.22. The molecule has 3 rings (SSSR count). The van der Waals surface area contributed by atoms with Crippen LogP contribution in [0.15, 0.2) is 24.4 Å². The Bertz CT molecular complexity index is 938. The quantitative estimate of drug-likeness (QED) is 0.764. The molecule has 108 valence electrons. The van der Waals surface area contributed by atoms with E-state index in [-0.39, 0.29) is 5.69 Å². The summed E-state index contributed by atoms with van der Waals surface area (Å²) in [6.45, 7) is 0. The van der Waals surface area contributed by atoms with E-state index in [2.05, 4.69) is 9.97 Å². The molecular formula is C14H6Cl2N4OS. The molecule has 1 amide bonds. The molecule has 0 saturated heterocycles. The van der Waals surface area contributed by atoms with Crippen molar-refractivity contribution in [1.29, 1.82) is 5.26 Å². The van der Waals surface area contributed by atoms with Crippen LogP contribution in [0.4, 0.5) is 0 Å². The standard InChI is InChI=1S/C14H6Cl2N4OS/c15-7-3-6(5-17)4-8(16)10(7)14-20-9-1-2-19-11(13(18)21)12(9)22-14/h1-4H,(H2,18,21). The van der Waals surface area contributed by atoms with Gasteiger partial charge in [-0.2, -0.15) is 5.26 Å². The van der Waals surface area contributed by atoms with Crippen LogP contribution in [0.2, 0.25) is 10.0 Å². The van der Waals surface area contributed by atoms with Crippen LogP contribution in [0.25, 0.3) is 20.8 Å². The maximum absolute atomic E-state index is 11.4. The second kappa shape index (κ2) is 5.54. The highest BCUT2D eigenvalue weighted by atomic mass is 35.5. The summed E-state index contributed by atoms with van der Waals surface area (Å²) in [5.41, 5.74) is 6.93. The molecule has 0 unspecified atom stereocenters. The fraction of sp³-hybridized carbons (Fsp3) is 0. The fourth-order valence-electron chi connectivity index (χ4n) is 1.98. The van der Waals surface area contributed by atoms with E-state index in [1.807, 2.05) is 6.07 Å². The van der Waals surface area contributed by atoms with Gasteiger partial charge < -0.3 is 5.73 Å². The van der Waals surface area contributed by atoms with Crippen molar-refractivity contribution in [3.63, 3.8) is 0 Å². The first-order valence-electron chi connectivity index (χ1n) is 5.96. The van der Waals surface area contributed by atoms with Crippen molar-refractivity contribution < 1.29 is 4.79 Å². The molecule has 2 N–H and O–H groups in total. The average molecular weight is 349 g/mol. The second-order valence-electron chi connectivity index (χ2n) is 4.32. The van der Waals surface area contributed by atoms with E-state index in [0.29, 0.717) is 36.4 Å². The van der Waals surface area contributed by atoms with Crippen LogP contribution < -0.4 is 5.73 Å². The van der Waals surface area contributed by atoms with Crippen molar-refractivity contribution in [2.45, 2.75) is 0 Å². The SMILES string of the molecule is N#Cc1cc(Cl)c(-c2nc3ccnc(C(N)=O)c3s2)c(Cl)c1. The highest BCUT2D eigenvalue weighted by Gasteiger charge is 2.18. The van der Waals surface area contributed by atoms with Crippen molar-refractivity contribution >= 4 is 50.7 Å². The third-order valence-corrected chi connectivity index (χ3v) is 4.61. The zero-order valence-corrected chi connectivity index (χ0v) is 13.1. The molecule has 0 atom stereocenters. The Kier molecular flexibility index (Phi) is 3.71. The Morgan fingerprint density at radius 3 is 2.59 bits per heavy atom. The lowest BCUT2D eigenvalue weighted by Crippen LogP contribution is -2.12. The number of amides is 1. The molecule has 0 aliphatic carbocycles. The van der Waals surface area contributed by atoms with Crippen LogP contribution >= 0.6 is 34.5 Å². The van der Waals surface area contributed by atoms with Gasteiger partial charge in [0.15, 0.2) is 0 Å². The number of carbonyl (C=O) groups excluding carboxylic acids is 1. The number of nitrogens with zero attached hydrogens (tertiary/aromatic N) is 3. The number of hydrogen-bond donors (Lipinski definition) is 1. The molecular weight excluding hydrogens is 343 g/mol. The maximum Gasteiger partial charge on any atom is 0.268 e. The maximum atomic E-state index is 11.4. The predicted octanol–water partition coefficient (Wildman–Crippen LogP) is 3.64. The van der Waals surface area contributed by atoms with Crippen LogP contribution in [0.1, 0.15) is 16.1 Å². The first-order chi connectivity index (χ1) is 10.5. The molecule has 0 fully saturated rings. The minimum atomic E-state index is -0.627. The lowest BCUT2D eigenvalue weighted by atomic mass is 10.1. The average Bonchev–Trinajstić information content (AvgIpc) is 2.89. The van der Waals surface area contributed by atoms with Gasteiger partial charge in [0.05, 0.1) is 31.9 Å². The first kappa shape index (κ1) is 14.7. The predicted molar refractivity (Wildman–Crippen MR) is 86.1 cm³/mol. The van der Waals surface area contributed by atoms with Gasteiger partial charge in [0.1, 0.15) is 10.7 Å². The smallest absolute Gasteiger partial charge is 0.268 e. The number of pyridine rings is 1. The Morgan fingerprint density at radius 2 is 2.00 bits per heavy atom. The molecule has 0 aliphatic heterocycles. The summed E-state index contributed by atoms with van der Waals surface area (Å²) in [7, 11) is 0. The third kappa shape index (κ3) is 2.40. The van der Waals surface area contributed by atoms with Crippen LogP contribution in [-0.2, 0) is 0 Å². The number of aromatic nitrogens is 2.